The van der Waals surface area contributed by atoms with Crippen LogP contribution in [0.25, 0.3) is 10.2 Å². The molecule has 22 heavy (non-hydrogen) atoms. The van der Waals surface area contributed by atoms with Gasteiger partial charge in [-0.3, -0.25) is 4.79 Å². The molecule has 0 atom stereocenters. The molecule has 112 valence electrons. The number of carbonyl (C=O) groups excluding carboxylic acids is 1. The van der Waals surface area contributed by atoms with Gasteiger partial charge in [-0.2, -0.15) is 4.99 Å². The molecule has 0 N–H and O–H groups in total. The fourth-order valence-corrected chi connectivity index (χ4v) is 3.75. The number of aromatic nitrogens is 1. The summed E-state index contributed by atoms with van der Waals surface area (Å²) in [4.78, 5) is 17.0. The van der Waals surface area contributed by atoms with Crippen molar-refractivity contribution < 1.29 is 9.18 Å². The molecular weight excluding hydrogens is 299 g/mol. The molecule has 1 heterocycles. The lowest BCUT2D eigenvalue weighted by atomic mass is 10.1. The van der Waals surface area contributed by atoms with Gasteiger partial charge in [-0.15, -0.1) is 0 Å². The van der Waals surface area contributed by atoms with Crippen LogP contribution in [0.15, 0.2) is 41.4 Å². The van der Waals surface area contributed by atoms with Crippen molar-refractivity contribution in [2.45, 2.75) is 13.8 Å². The maximum Gasteiger partial charge on any atom is 0.279 e. The van der Waals surface area contributed by atoms with Crippen LogP contribution in [0.1, 0.15) is 21.5 Å². The zero-order chi connectivity index (χ0) is 15.9. The van der Waals surface area contributed by atoms with E-state index in [-0.39, 0.29) is 5.56 Å². The van der Waals surface area contributed by atoms with Gasteiger partial charge in [0.05, 0.1) is 10.2 Å². The Morgan fingerprint density at radius 2 is 2.00 bits per heavy atom. The summed E-state index contributed by atoms with van der Waals surface area (Å²) >= 11 is 1.46. The Labute approximate surface area is 131 Å². The van der Waals surface area contributed by atoms with Gasteiger partial charge in [0.25, 0.3) is 5.91 Å². The van der Waals surface area contributed by atoms with Crippen LogP contribution in [-0.2, 0) is 7.05 Å². The minimum absolute atomic E-state index is 0.255. The Hall–Kier alpha value is -2.27. The summed E-state index contributed by atoms with van der Waals surface area (Å²) < 4.78 is 16.2. The second-order valence-electron chi connectivity index (χ2n) is 5.30. The summed E-state index contributed by atoms with van der Waals surface area (Å²) in [5.74, 6) is -0.871. The van der Waals surface area contributed by atoms with E-state index in [1.54, 1.807) is 6.07 Å². The van der Waals surface area contributed by atoms with Crippen LogP contribution in [0, 0.1) is 19.7 Å². The number of hydrogen-bond donors (Lipinski definition) is 0. The first-order valence-electron chi connectivity index (χ1n) is 6.87. The van der Waals surface area contributed by atoms with Crippen molar-refractivity contribution >= 4 is 27.5 Å². The first-order chi connectivity index (χ1) is 10.5. The Balaban J connectivity index is 2.16. The second kappa shape index (κ2) is 5.50. The molecular formula is C17H15FN2OS. The number of hydrogen-bond acceptors (Lipinski definition) is 2. The first-order valence-corrected chi connectivity index (χ1v) is 7.69. The minimum atomic E-state index is -0.437. The fraction of sp³-hybridized carbons (Fsp3) is 0.176. The molecule has 0 aliphatic heterocycles. The molecule has 3 aromatic rings. The largest absolute Gasteiger partial charge is 0.319 e. The number of carbonyl (C=O) groups is 1. The third-order valence-corrected chi connectivity index (χ3v) is 4.58. The molecule has 0 radical (unpaired) electrons. The highest BCUT2D eigenvalue weighted by Crippen LogP contribution is 2.22. The second-order valence-corrected chi connectivity index (χ2v) is 6.31. The van der Waals surface area contributed by atoms with Gasteiger partial charge in [-0.1, -0.05) is 23.5 Å². The van der Waals surface area contributed by atoms with Gasteiger partial charge in [0.1, 0.15) is 5.82 Å². The standard InChI is InChI=1S/C17H15FN2OS/c1-10-7-11(2)15-14(8-10)22-17(20(15)3)19-16(21)12-5-4-6-13(18)9-12/h4-9H,1-3H3. The summed E-state index contributed by atoms with van der Waals surface area (Å²) in [5.41, 5.74) is 3.65. The summed E-state index contributed by atoms with van der Waals surface area (Å²) in [6, 6.07) is 9.77. The third-order valence-electron chi connectivity index (χ3n) is 3.50. The summed E-state index contributed by atoms with van der Waals surface area (Å²) in [6.07, 6.45) is 0. The Bertz CT molecular complexity index is 953. The SMILES string of the molecule is Cc1cc(C)c2c(c1)sc(=NC(=O)c1cccc(F)c1)n2C. The monoisotopic (exact) mass is 314 g/mol. The van der Waals surface area contributed by atoms with Crippen molar-refractivity contribution in [2.75, 3.05) is 0 Å². The van der Waals surface area contributed by atoms with E-state index in [4.69, 9.17) is 0 Å². The highest BCUT2D eigenvalue weighted by atomic mass is 32.1. The summed E-state index contributed by atoms with van der Waals surface area (Å²) in [6.45, 7) is 4.08. The van der Waals surface area contributed by atoms with Gasteiger partial charge in [-0.05, 0) is 49.2 Å². The van der Waals surface area contributed by atoms with Gasteiger partial charge in [0.15, 0.2) is 4.80 Å². The quantitative estimate of drug-likeness (QED) is 0.674. The molecule has 0 saturated carbocycles. The number of benzene rings is 2. The molecule has 3 nitrogen and oxygen atoms in total. The average molecular weight is 314 g/mol. The molecule has 0 aliphatic rings. The van der Waals surface area contributed by atoms with E-state index in [0.29, 0.717) is 4.80 Å². The number of thiazole rings is 1. The number of fused-ring (bicyclic) bond motifs is 1. The molecule has 0 bridgehead atoms. The molecule has 0 spiro atoms. The van der Waals surface area contributed by atoms with Crippen LogP contribution in [-0.4, -0.2) is 10.5 Å². The highest BCUT2D eigenvalue weighted by molar-refractivity contribution is 7.16. The van der Waals surface area contributed by atoms with Crippen molar-refractivity contribution in [3.05, 3.63) is 63.7 Å². The molecule has 0 unspecified atom stereocenters. The molecule has 0 fully saturated rings. The van der Waals surface area contributed by atoms with E-state index in [0.717, 1.165) is 15.8 Å². The van der Waals surface area contributed by atoms with E-state index in [1.807, 2.05) is 25.5 Å². The van der Waals surface area contributed by atoms with Crippen LogP contribution in [0.3, 0.4) is 0 Å². The zero-order valence-corrected chi connectivity index (χ0v) is 13.4. The van der Waals surface area contributed by atoms with Gasteiger partial charge in [0, 0.05) is 12.6 Å². The van der Waals surface area contributed by atoms with Crippen LogP contribution in [0.5, 0.6) is 0 Å². The number of nitrogens with zero attached hydrogens (tertiary/aromatic N) is 2. The highest BCUT2D eigenvalue weighted by Gasteiger charge is 2.09. The van der Waals surface area contributed by atoms with Gasteiger partial charge in [-0.25, -0.2) is 4.39 Å². The van der Waals surface area contributed by atoms with E-state index >= 15 is 0 Å². The Kier molecular flexibility index (Phi) is 3.66. The van der Waals surface area contributed by atoms with Crippen molar-refractivity contribution in [2.24, 2.45) is 12.0 Å². The third kappa shape index (κ3) is 2.60. The van der Waals surface area contributed by atoms with E-state index in [9.17, 15) is 9.18 Å². The fourth-order valence-electron chi connectivity index (χ4n) is 2.56. The predicted molar refractivity (Wildman–Crippen MR) is 86.6 cm³/mol. The summed E-state index contributed by atoms with van der Waals surface area (Å²) in [7, 11) is 1.89. The maximum atomic E-state index is 13.2. The van der Waals surface area contributed by atoms with Crippen LogP contribution in [0.4, 0.5) is 4.39 Å². The average Bonchev–Trinajstić information content (AvgIpc) is 2.75. The normalized spacial score (nSPS) is 12.1. The molecule has 1 amide bonds. The Morgan fingerprint density at radius 3 is 2.73 bits per heavy atom. The molecule has 2 aromatic carbocycles. The summed E-state index contributed by atoms with van der Waals surface area (Å²) in [5, 5.41) is 0. The van der Waals surface area contributed by atoms with Crippen molar-refractivity contribution in [3.63, 3.8) is 0 Å². The molecule has 5 heteroatoms. The number of amides is 1. The molecule has 0 saturated heterocycles. The lowest BCUT2D eigenvalue weighted by molar-refractivity contribution is 0.0997. The maximum absolute atomic E-state index is 13.2. The lowest BCUT2D eigenvalue weighted by Crippen LogP contribution is -2.13. The minimum Gasteiger partial charge on any atom is -0.319 e. The lowest BCUT2D eigenvalue weighted by Gasteiger charge is -2.01. The van der Waals surface area contributed by atoms with Crippen molar-refractivity contribution in [1.82, 2.24) is 4.57 Å². The molecule has 3 rings (SSSR count). The molecule has 0 aliphatic carbocycles. The van der Waals surface area contributed by atoms with Gasteiger partial charge in [0.2, 0.25) is 0 Å². The topological polar surface area (TPSA) is 34.4 Å². The van der Waals surface area contributed by atoms with Crippen LogP contribution >= 0.6 is 11.3 Å². The molecule has 1 aromatic heterocycles. The number of halogens is 1. The van der Waals surface area contributed by atoms with E-state index < -0.39 is 11.7 Å². The number of aryl methyl sites for hydroxylation is 3. The Morgan fingerprint density at radius 1 is 1.23 bits per heavy atom. The van der Waals surface area contributed by atoms with Crippen molar-refractivity contribution in [3.8, 4) is 0 Å². The zero-order valence-electron chi connectivity index (χ0n) is 12.6. The van der Waals surface area contributed by atoms with E-state index in [1.165, 1.54) is 35.1 Å². The van der Waals surface area contributed by atoms with Crippen LogP contribution < -0.4 is 4.80 Å². The van der Waals surface area contributed by atoms with Crippen LogP contribution in [0.2, 0.25) is 0 Å². The van der Waals surface area contributed by atoms with Crippen molar-refractivity contribution in [1.29, 1.82) is 0 Å². The number of rotatable bonds is 1. The first kappa shape index (κ1) is 14.7. The smallest absolute Gasteiger partial charge is 0.279 e. The van der Waals surface area contributed by atoms with Gasteiger partial charge >= 0.3 is 0 Å². The predicted octanol–water partition coefficient (Wildman–Crippen LogP) is 3.74. The van der Waals surface area contributed by atoms with Gasteiger partial charge < -0.3 is 4.57 Å². The van der Waals surface area contributed by atoms with E-state index in [2.05, 4.69) is 17.1 Å².